The van der Waals surface area contributed by atoms with E-state index in [1.54, 1.807) is 0 Å². The molecule has 0 heterocycles. The first-order chi connectivity index (χ1) is 4.15. The summed E-state index contributed by atoms with van der Waals surface area (Å²) in [4.78, 5) is 21.7. The topological polar surface area (TPSA) is 60.7 Å². The fourth-order valence-corrected chi connectivity index (χ4v) is 0.612. The van der Waals surface area contributed by atoms with Crippen molar-refractivity contribution in [3.05, 3.63) is 0 Å². The normalized spacial score (nSPS) is 8.67. The van der Waals surface area contributed by atoms with Crippen molar-refractivity contribution in [2.45, 2.75) is 19.8 Å². The van der Waals surface area contributed by atoms with Crippen LogP contribution >= 0.6 is 17.8 Å². The van der Waals surface area contributed by atoms with Crippen LogP contribution in [0.15, 0.2) is 0 Å². The van der Waals surface area contributed by atoms with Crippen molar-refractivity contribution in [3.63, 3.8) is 0 Å². The molecule has 0 amide bonds. The van der Waals surface area contributed by atoms with Gasteiger partial charge in [0.05, 0.1) is 0 Å². The zero-order chi connectivity index (χ0) is 7.70. The average molecular weight is 172 g/mol. The maximum Gasteiger partial charge on any atom is 0.324 e. The van der Waals surface area contributed by atoms with Crippen LogP contribution in [-0.4, -0.2) is 20.8 Å². The van der Waals surface area contributed by atoms with Crippen LogP contribution in [0.1, 0.15) is 19.8 Å². The average Bonchev–Trinajstić information content (AvgIpc) is 1.66. The third-order valence-electron chi connectivity index (χ3n) is 0.558. The Morgan fingerprint density at radius 3 is 1.67 bits per heavy atom. The summed E-state index contributed by atoms with van der Waals surface area (Å²) in [5, 5.41) is 0. The number of rotatable bonds is 2. The Hall–Kier alpha value is 0.740. The second kappa shape index (κ2) is 11.5. The van der Waals surface area contributed by atoms with E-state index in [1.807, 2.05) is 0 Å². The molecule has 0 aromatic rings. The lowest BCUT2D eigenvalue weighted by Crippen LogP contribution is -1.64. The molecule has 3 N–H and O–H groups in total. The molecular weight excluding hydrogens is 158 g/mol. The predicted octanol–water partition coefficient (Wildman–Crippen LogP) is 0.852. The van der Waals surface area contributed by atoms with Gasteiger partial charge < -0.3 is 14.7 Å². The fourth-order valence-electron chi connectivity index (χ4n) is 0.204. The highest BCUT2D eigenvalue weighted by molar-refractivity contribution is 7.38. The summed E-state index contributed by atoms with van der Waals surface area (Å²) in [6.07, 6.45) is 3.94. The molecule has 0 saturated carbocycles. The SMILES string of the molecule is CCCCP.OP(O)O. The van der Waals surface area contributed by atoms with Crippen molar-refractivity contribution in [1.29, 1.82) is 0 Å². The molecule has 0 aliphatic carbocycles. The van der Waals surface area contributed by atoms with Gasteiger partial charge in [0.25, 0.3) is 0 Å². The molecule has 0 aliphatic heterocycles. The Morgan fingerprint density at radius 1 is 1.33 bits per heavy atom. The molecule has 0 radical (unpaired) electrons. The standard InChI is InChI=1S/C4H11P.H3O3P/c1-2-3-4-5;1-4(2)3/h2-5H2,1H3;1-3H. The third-order valence-corrected chi connectivity index (χ3v) is 0.966. The van der Waals surface area contributed by atoms with Crippen LogP contribution in [0.4, 0.5) is 0 Å². The lowest BCUT2D eigenvalue weighted by Gasteiger charge is -1.79. The van der Waals surface area contributed by atoms with Gasteiger partial charge in [-0.3, -0.25) is 0 Å². The van der Waals surface area contributed by atoms with Gasteiger partial charge in [0.2, 0.25) is 0 Å². The van der Waals surface area contributed by atoms with Gasteiger partial charge in [-0.05, 0) is 6.16 Å². The van der Waals surface area contributed by atoms with Gasteiger partial charge in [0.1, 0.15) is 0 Å². The van der Waals surface area contributed by atoms with E-state index in [0.29, 0.717) is 0 Å². The molecule has 0 aliphatic rings. The van der Waals surface area contributed by atoms with Gasteiger partial charge in [-0.1, -0.05) is 19.8 Å². The Kier molecular flexibility index (Phi) is 15.9. The van der Waals surface area contributed by atoms with Crippen LogP contribution in [0.25, 0.3) is 0 Å². The molecule has 0 saturated heterocycles. The number of unbranched alkanes of at least 4 members (excludes halogenated alkanes) is 1. The molecule has 0 fully saturated rings. The molecule has 0 spiro atoms. The second-order valence-electron chi connectivity index (χ2n) is 1.41. The summed E-state index contributed by atoms with van der Waals surface area (Å²) in [5.41, 5.74) is 0. The van der Waals surface area contributed by atoms with Gasteiger partial charge in [-0.25, -0.2) is 0 Å². The molecule has 1 unspecified atom stereocenters. The first-order valence-electron chi connectivity index (χ1n) is 2.72. The van der Waals surface area contributed by atoms with E-state index in [-0.39, 0.29) is 0 Å². The van der Waals surface area contributed by atoms with Gasteiger partial charge in [-0.15, -0.1) is 9.24 Å². The second-order valence-corrected chi connectivity index (χ2v) is 2.52. The summed E-state index contributed by atoms with van der Waals surface area (Å²) < 4.78 is 0. The Labute approximate surface area is 59.3 Å². The van der Waals surface area contributed by atoms with Crippen molar-refractivity contribution < 1.29 is 14.7 Å². The summed E-state index contributed by atoms with van der Waals surface area (Å²) in [6, 6.07) is 0. The van der Waals surface area contributed by atoms with E-state index in [1.165, 1.54) is 19.0 Å². The molecule has 0 aromatic heterocycles. The molecule has 0 rings (SSSR count). The molecular formula is C4H14O3P2. The molecule has 58 valence electrons. The smallest absolute Gasteiger partial charge is 0.324 e. The maximum absolute atomic E-state index is 7.23. The predicted molar refractivity (Wildman–Crippen MR) is 43.1 cm³/mol. The van der Waals surface area contributed by atoms with Gasteiger partial charge in [0, 0.05) is 0 Å². The van der Waals surface area contributed by atoms with Crippen LogP contribution in [0, 0.1) is 0 Å². The number of hydrogen-bond acceptors (Lipinski definition) is 3. The number of hydrogen-bond donors (Lipinski definition) is 3. The van der Waals surface area contributed by atoms with Crippen LogP contribution in [0.5, 0.6) is 0 Å². The zero-order valence-corrected chi connectivity index (χ0v) is 7.54. The largest absolute Gasteiger partial charge is 0.328 e. The van der Waals surface area contributed by atoms with E-state index in [9.17, 15) is 0 Å². The van der Waals surface area contributed by atoms with Crippen LogP contribution < -0.4 is 0 Å². The lowest BCUT2D eigenvalue weighted by atomic mass is 10.4. The quantitative estimate of drug-likeness (QED) is 0.541. The van der Waals surface area contributed by atoms with Crippen molar-refractivity contribution >= 4 is 17.8 Å². The van der Waals surface area contributed by atoms with E-state index in [2.05, 4.69) is 16.2 Å². The Morgan fingerprint density at radius 2 is 1.67 bits per heavy atom. The Balaban J connectivity index is 0. The Bertz CT molecular complexity index is 38.0. The highest BCUT2D eigenvalue weighted by Crippen LogP contribution is 2.11. The lowest BCUT2D eigenvalue weighted by molar-refractivity contribution is 0.368. The monoisotopic (exact) mass is 172 g/mol. The van der Waals surface area contributed by atoms with Gasteiger partial charge in [-0.2, -0.15) is 0 Å². The summed E-state index contributed by atoms with van der Waals surface area (Å²) in [6.45, 7) is 2.20. The highest BCUT2D eigenvalue weighted by atomic mass is 31.2. The fraction of sp³-hybridized carbons (Fsp3) is 1.00. The first kappa shape index (κ1) is 12.4. The summed E-state index contributed by atoms with van der Waals surface area (Å²) in [7, 11) is 0.0793. The molecule has 5 heteroatoms. The van der Waals surface area contributed by atoms with Crippen molar-refractivity contribution in [2.75, 3.05) is 6.16 Å². The van der Waals surface area contributed by atoms with E-state index in [0.717, 1.165) is 0 Å². The molecule has 1 atom stereocenters. The summed E-state index contributed by atoms with van der Waals surface area (Å²) in [5.74, 6) is 0. The first-order valence-corrected chi connectivity index (χ1v) is 4.73. The van der Waals surface area contributed by atoms with Crippen molar-refractivity contribution in [2.24, 2.45) is 0 Å². The minimum atomic E-state index is -2.62. The third kappa shape index (κ3) is 52.9. The molecule has 0 bridgehead atoms. The van der Waals surface area contributed by atoms with Crippen LogP contribution in [0.2, 0.25) is 0 Å². The molecule has 3 nitrogen and oxygen atoms in total. The zero-order valence-electron chi connectivity index (χ0n) is 5.49. The summed E-state index contributed by atoms with van der Waals surface area (Å²) >= 11 is 0. The van der Waals surface area contributed by atoms with E-state index >= 15 is 0 Å². The molecule has 0 aromatic carbocycles. The highest BCUT2D eigenvalue weighted by Gasteiger charge is 1.76. The van der Waals surface area contributed by atoms with E-state index in [4.69, 9.17) is 14.7 Å². The van der Waals surface area contributed by atoms with Crippen LogP contribution in [0.3, 0.4) is 0 Å². The molecule has 9 heavy (non-hydrogen) atoms. The maximum atomic E-state index is 7.23. The van der Waals surface area contributed by atoms with Crippen molar-refractivity contribution in [3.8, 4) is 0 Å². The minimum absolute atomic E-state index is 1.26. The van der Waals surface area contributed by atoms with E-state index < -0.39 is 8.60 Å². The van der Waals surface area contributed by atoms with Crippen LogP contribution in [-0.2, 0) is 0 Å². The minimum Gasteiger partial charge on any atom is -0.328 e. The van der Waals surface area contributed by atoms with Gasteiger partial charge >= 0.3 is 8.60 Å². The van der Waals surface area contributed by atoms with Crippen molar-refractivity contribution in [1.82, 2.24) is 0 Å². The van der Waals surface area contributed by atoms with Gasteiger partial charge in [0.15, 0.2) is 0 Å².